The molecular weight excluding hydrogens is 380 g/mol. The van der Waals surface area contributed by atoms with E-state index >= 15 is 0 Å². The van der Waals surface area contributed by atoms with Crippen LogP contribution in [0.3, 0.4) is 0 Å². The van der Waals surface area contributed by atoms with E-state index in [4.69, 9.17) is 4.74 Å². The molecular formula is C23H28N4O3. The number of aryl methyl sites for hydroxylation is 1. The molecule has 2 fully saturated rings. The molecule has 3 amide bonds. The quantitative estimate of drug-likeness (QED) is 0.805. The van der Waals surface area contributed by atoms with Crippen molar-refractivity contribution in [2.45, 2.75) is 51.8 Å². The second kappa shape index (κ2) is 7.63. The first-order valence-corrected chi connectivity index (χ1v) is 10.3. The Bertz CT molecular complexity index is 955. The van der Waals surface area contributed by atoms with Crippen LogP contribution in [0.15, 0.2) is 42.6 Å². The molecule has 3 heterocycles. The molecule has 0 unspecified atom stereocenters. The average Bonchev–Trinajstić information content (AvgIpc) is 3.30. The molecule has 2 aromatic rings. The molecule has 30 heavy (non-hydrogen) atoms. The van der Waals surface area contributed by atoms with Gasteiger partial charge < -0.3 is 19.9 Å². The number of likely N-dealkylation sites (tertiary alicyclic amines) is 2. The van der Waals surface area contributed by atoms with Gasteiger partial charge >= 0.3 is 12.1 Å². The zero-order valence-corrected chi connectivity index (χ0v) is 17.9. The molecule has 0 spiro atoms. The maximum atomic E-state index is 12.9. The number of ether oxygens (including phenoxy) is 1. The largest absolute Gasteiger partial charge is 0.444 e. The number of carbonyl (C=O) groups excluding carboxylic acids is 2. The predicted octanol–water partition coefficient (Wildman–Crippen LogP) is 4.28. The summed E-state index contributed by atoms with van der Waals surface area (Å²) in [4.78, 5) is 33.3. The van der Waals surface area contributed by atoms with Crippen LogP contribution in [-0.4, -0.2) is 57.7 Å². The summed E-state index contributed by atoms with van der Waals surface area (Å²) in [6, 6.07) is 11.5. The monoisotopic (exact) mass is 408 g/mol. The predicted molar refractivity (Wildman–Crippen MR) is 115 cm³/mol. The van der Waals surface area contributed by atoms with E-state index in [1.807, 2.05) is 69.0 Å². The molecule has 4 rings (SSSR count). The van der Waals surface area contributed by atoms with E-state index in [1.165, 1.54) is 0 Å². The fourth-order valence-corrected chi connectivity index (χ4v) is 4.15. The van der Waals surface area contributed by atoms with Crippen molar-refractivity contribution in [2.24, 2.45) is 0 Å². The Labute approximate surface area is 177 Å². The fourth-order valence-electron chi connectivity index (χ4n) is 4.15. The summed E-state index contributed by atoms with van der Waals surface area (Å²) in [7, 11) is 0. The van der Waals surface area contributed by atoms with E-state index in [2.05, 4.69) is 10.3 Å². The van der Waals surface area contributed by atoms with Gasteiger partial charge in [0.25, 0.3) is 0 Å². The molecule has 2 aliphatic rings. The number of pyridine rings is 1. The Hall–Kier alpha value is -3.09. The van der Waals surface area contributed by atoms with E-state index in [1.54, 1.807) is 11.1 Å². The fraction of sp³-hybridized carbons (Fsp3) is 0.435. The van der Waals surface area contributed by atoms with Crippen molar-refractivity contribution in [3.63, 3.8) is 0 Å². The van der Waals surface area contributed by atoms with Crippen LogP contribution in [0.4, 0.5) is 15.3 Å². The van der Waals surface area contributed by atoms with E-state index in [0.717, 1.165) is 28.9 Å². The molecule has 7 nitrogen and oxygen atoms in total. The molecule has 7 heteroatoms. The van der Waals surface area contributed by atoms with Crippen molar-refractivity contribution >= 4 is 17.8 Å². The van der Waals surface area contributed by atoms with Crippen LogP contribution >= 0.6 is 0 Å². The van der Waals surface area contributed by atoms with Gasteiger partial charge in [-0.2, -0.15) is 0 Å². The van der Waals surface area contributed by atoms with Crippen LogP contribution in [-0.2, 0) is 4.74 Å². The second-order valence-electron chi connectivity index (χ2n) is 9.00. The van der Waals surface area contributed by atoms with Crippen molar-refractivity contribution in [2.75, 3.05) is 18.4 Å². The number of rotatable bonds is 2. The van der Waals surface area contributed by atoms with Crippen LogP contribution in [0.25, 0.3) is 11.3 Å². The lowest BCUT2D eigenvalue weighted by molar-refractivity contribution is 0.0156. The van der Waals surface area contributed by atoms with Crippen LogP contribution < -0.4 is 5.32 Å². The Kier molecular flexibility index (Phi) is 5.13. The van der Waals surface area contributed by atoms with Crippen molar-refractivity contribution in [3.8, 4) is 11.3 Å². The molecule has 1 N–H and O–H groups in total. The van der Waals surface area contributed by atoms with Crippen molar-refractivity contribution in [3.05, 3.63) is 48.2 Å². The van der Waals surface area contributed by atoms with Gasteiger partial charge in [-0.05, 0) is 63.9 Å². The number of hydrogen-bond acceptors (Lipinski definition) is 4. The van der Waals surface area contributed by atoms with Crippen LogP contribution in [0.1, 0.15) is 32.8 Å². The summed E-state index contributed by atoms with van der Waals surface area (Å²) in [5, 5.41) is 3.01. The van der Waals surface area contributed by atoms with Crippen molar-refractivity contribution in [1.29, 1.82) is 0 Å². The van der Waals surface area contributed by atoms with Crippen molar-refractivity contribution in [1.82, 2.24) is 14.8 Å². The Morgan fingerprint density at radius 3 is 2.47 bits per heavy atom. The van der Waals surface area contributed by atoms with Gasteiger partial charge in [0, 0.05) is 30.5 Å². The van der Waals surface area contributed by atoms with E-state index in [0.29, 0.717) is 13.1 Å². The second-order valence-corrected chi connectivity index (χ2v) is 9.00. The minimum absolute atomic E-state index is 0.0118. The molecule has 0 aliphatic carbocycles. The van der Waals surface area contributed by atoms with Gasteiger partial charge in [-0.25, -0.2) is 9.59 Å². The summed E-state index contributed by atoms with van der Waals surface area (Å²) in [6.07, 6.45) is 2.26. The summed E-state index contributed by atoms with van der Waals surface area (Å²) in [5.41, 5.74) is 3.18. The maximum Gasteiger partial charge on any atom is 0.410 e. The highest BCUT2D eigenvalue weighted by Gasteiger charge is 2.48. The summed E-state index contributed by atoms with van der Waals surface area (Å²) < 4.78 is 5.49. The van der Waals surface area contributed by atoms with Gasteiger partial charge in [-0.3, -0.25) is 4.98 Å². The first-order chi connectivity index (χ1) is 14.2. The molecule has 2 aliphatic heterocycles. The normalized spacial score (nSPS) is 20.4. The number of urea groups is 1. The molecule has 1 aromatic carbocycles. The highest BCUT2D eigenvalue weighted by atomic mass is 16.6. The number of piperazine rings is 1. The number of carbonyl (C=O) groups is 2. The maximum absolute atomic E-state index is 12.9. The molecule has 158 valence electrons. The third kappa shape index (κ3) is 4.10. The van der Waals surface area contributed by atoms with Gasteiger partial charge in [0.2, 0.25) is 0 Å². The topological polar surface area (TPSA) is 74.8 Å². The van der Waals surface area contributed by atoms with Crippen LogP contribution in [0.5, 0.6) is 0 Å². The zero-order valence-electron chi connectivity index (χ0n) is 17.9. The zero-order chi connectivity index (χ0) is 21.5. The molecule has 1 aromatic heterocycles. The molecule has 2 bridgehead atoms. The van der Waals surface area contributed by atoms with Gasteiger partial charge in [0.05, 0.1) is 17.8 Å². The number of benzene rings is 1. The highest BCUT2D eigenvalue weighted by Crippen LogP contribution is 2.33. The number of fused-ring (bicyclic) bond motifs is 2. The number of nitrogens with one attached hydrogen (secondary N) is 1. The molecule has 0 saturated carbocycles. The van der Waals surface area contributed by atoms with E-state index in [9.17, 15) is 9.59 Å². The Morgan fingerprint density at radius 2 is 1.83 bits per heavy atom. The van der Waals surface area contributed by atoms with Gasteiger partial charge in [0.1, 0.15) is 5.60 Å². The third-order valence-electron chi connectivity index (χ3n) is 5.56. The number of hydrogen-bond donors (Lipinski definition) is 1. The van der Waals surface area contributed by atoms with Gasteiger partial charge in [-0.1, -0.05) is 12.1 Å². The number of anilines is 1. The lowest BCUT2D eigenvalue weighted by Gasteiger charge is -2.35. The lowest BCUT2D eigenvalue weighted by atomic mass is 10.0. The minimum Gasteiger partial charge on any atom is -0.444 e. The SMILES string of the molecule is Cc1ccc(NC(=O)N2C[C@H]3C[C@@H]2CN3C(=O)OC(C)(C)C)cc1-c1ccccn1. The van der Waals surface area contributed by atoms with Crippen LogP contribution in [0.2, 0.25) is 0 Å². The summed E-state index contributed by atoms with van der Waals surface area (Å²) in [5.74, 6) is 0. The molecule has 2 atom stereocenters. The summed E-state index contributed by atoms with van der Waals surface area (Å²) >= 11 is 0. The van der Waals surface area contributed by atoms with Gasteiger partial charge in [-0.15, -0.1) is 0 Å². The van der Waals surface area contributed by atoms with Crippen molar-refractivity contribution < 1.29 is 14.3 Å². The number of amides is 3. The highest BCUT2D eigenvalue weighted by molar-refractivity contribution is 5.91. The molecule has 2 saturated heterocycles. The first-order valence-electron chi connectivity index (χ1n) is 10.3. The smallest absolute Gasteiger partial charge is 0.410 e. The minimum atomic E-state index is -0.521. The number of nitrogens with zero attached hydrogens (tertiary/aromatic N) is 3. The van der Waals surface area contributed by atoms with E-state index < -0.39 is 5.60 Å². The average molecular weight is 409 g/mol. The Morgan fingerprint density at radius 1 is 1.10 bits per heavy atom. The van der Waals surface area contributed by atoms with E-state index in [-0.39, 0.29) is 24.2 Å². The third-order valence-corrected chi connectivity index (χ3v) is 5.56. The Balaban J connectivity index is 1.41. The summed E-state index contributed by atoms with van der Waals surface area (Å²) in [6.45, 7) is 8.65. The van der Waals surface area contributed by atoms with Crippen LogP contribution in [0, 0.1) is 6.92 Å². The lowest BCUT2D eigenvalue weighted by Crippen LogP contribution is -2.52. The first kappa shape index (κ1) is 20.2. The van der Waals surface area contributed by atoms with Gasteiger partial charge in [0.15, 0.2) is 0 Å². The number of aromatic nitrogens is 1. The standard InChI is InChI=1S/C23H28N4O3/c1-15-8-9-16(11-19(15)20-7-5-6-10-24-20)25-21(28)26-13-18-12-17(26)14-27(18)22(29)30-23(2,3)4/h5-11,17-18H,12-14H2,1-4H3,(H,25,28)/t17-,18-/m1/s1. The molecule has 0 radical (unpaired) electrons.